The summed E-state index contributed by atoms with van der Waals surface area (Å²) in [6.45, 7) is 2.25. The van der Waals surface area contributed by atoms with Crippen LogP contribution >= 0.6 is 0 Å². The largest absolute Gasteiger partial charge is 0.352 e. The molecule has 4 rings (SSSR count). The summed E-state index contributed by atoms with van der Waals surface area (Å²) in [5.41, 5.74) is 3.70. The van der Waals surface area contributed by atoms with Crippen molar-refractivity contribution in [1.82, 2.24) is 10.3 Å². The molecule has 3 aromatic rings. The van der Waals surface area contributed by atoms with Gasteiger partial charge in [0.2, 0.25) is 5.91 Å². The Bertz CT molecular complexity index is 1070. The minimum absolute atomic E-state index is 0.0882. The molecular formula is C23H20FN3O2. The molecule has 1 aliphatic rings. The molecule has 5 nitrogen and oxygen atoms in total. The number of carbonyl (C=O) groups is 2. The number of pyridine rings is 1. The van der Waals surface area contributed by atoms with Crippen LogP contribution in [0.25, 0.3) is 0 Å². The Morgan fingerprint density at radius 1 is 1.14 bits per heavy atom. The highest BCUT2D eigenvalue weighted by atomic mass is 19.1. The van der Waals surface area contributed by atoms with Gasteiger partial charge in [-0.1, -0.05) is 24.3 Å². The molecule has 2 aromatic carbocycles. The molecule has 0 bridgehead atoms. The molecule has 0 saturated heterocycles. The fourth-order valence-electron chi connectivity index (χ4n) is 3.57. The quantitative estimate of drug-likeness (QED) is 0.719. The Balaban J connectivity index is 1.56. The number of aromatic nitrogens is 1. The minimum atomic E-state index is -0.478. The Morgan fingerprint density at radius 3 is 2.69 bits per heavy atom. The van der Waals surface area contributed by atoms with Gasteiger partial charge in [0.05, 0.1) is 23.7 Å². The van der Waals surface area contributed by atoms with Gasteiger partial charge < -0.3 is 5.32 Å². The molecule has 1 N–H and O–H groups in total. The van der Waals surface area contributed by atoms with E-state index in [4.69, 9.17) is 0 Å². The number of nitrogens with one attached hydrogen (secondary N) is 1. The van der Waals surface area contributed by atoms with Crippen LogP contribution in [0.3, 0.4) is 0 Å². The number of amides is 2. The number of nitrogens with zero attached hydrogens (tertiary/aromatic N) is 2. The first-order valence-corrected chi connectivity index (χ1v) is 9.39. The topological polar surface area (TPSA) is 62.3 Å². The highest BCUT2D eigenvalue weighted by molar-refractivity contribution is 6.11. The van der Waals surface area contributed by atoms with Crippen LogP contribution in [-0.2, 0) is 11.3 Å². The second-order valence-corrected chi connectivity index (χ2v) is 7.07. The summed E-state index contributed by atoms with van der Waals surface area (Å²) >= 11 is 0. The average Bonchev–Trinajstić information content (AvgIpc) is 2.99. The zero-order chi connectivity index (χ0) is 20.4. The fourth-order valence-corrected chi connectivity index (χ4v) is 3.57. The second kappa shape index (κ2) is 7.83. The Kier molecular flexibility index (Phi) is 5.08. The number of rotatable bonds is 5. The van der Waals surface area contributed by atoms with Gasteiger partial charge in [-0.15, -0.1) is 0 Å². The monoisotopic (exact) mass is 389 g/mol. The number of fused-ring (bicyclic) bond motifs is 1. The van der Waals surface area contributed by atoms with Crippen molar-refractivity contribution in [3.8, 4) is 0 Å². The van der Waals surface area contributed by atoms with E-state index < -0.39 is 6.04 Å². The maximum Gasteiger partial charge on any atom is 0.260 e. The van der Waals surface area contributed by atoms with Crippen LogP contribution < -0.4 is 10.2 Å². The number of halogens is 1. The van der Waals surface area contributed by atoms with Gasteiger partial charge in [-0.3, -0.25) is 19.5 Å². The lowest BCUT2D eigenvalue weighted by atomic mass is 10.1. The van der Waals surface area contributed by atoms with Crippen LogP contribution in [-0.4, -0.2) is 16.8 Å². The minimum Gasteiger partial charge on any atom is -0.352 e. The van der Waals surface area contributed by atoms with Crippen molar-refractivity contribution in [3.63, 3.8) is 0 Å². The lowest BCUT2D eigenvalue weighted by molar-refractivity contribution is -0.121. The maximum absolute atomic E-state index is 13.0. The number of anilines is 1. The Hall–Kier alpha value is -3.54. The van der Waals surface area contributed by atoms with Crippen molar-refractivity contribution in [2.45, 2.75) is 25.9 Å². The normalized spacial score (nSPS) is 15.3. The third-order valence-electron chi connectivity index (χ3n) is 4.98. The SMILES string of the molecule is Cc1cccc(N2C(=O)c3cccnc3C2CC(=O)NCc2ccc(F)cc2)c1. The second-order valence-electron chi connectivity index (χ2n) is 7.07. The van der Waals surface area contributed by atoms with Gasteiger partial charge in [0.15, 0.2) is 0 Å². The zero-order valence-corrected chi connectivity index (χ0v) is 15.9. The number of carbonyl (C=O) groups excluding carboxylic acids is 2. The lowest BCUT2D eigenvalue weighted by Crippen LogP contribution is -2.33. The van der Waals surface area contributed by atoms with Crippen molar-refractivity contribution in [2.24, 2.45) is 0 Å². The van der Waals surface area contributed by atoms with Crippen molar-refractivity contribution < 1.29 is 14.0 Å². The summed E-state index contributed by atoms with van der Waals surface area (Å²) < 4.78 is 13.0. The molecule has 146 valence electrons. The third kappa shape index (κ3) is 3.87. The maximum atomic E-state index is 13.0. The molecule has 0 spiro atoms. The van der Waals surface area contributed by atoms with Gasteiger partial charge in [0, 0.05) is 18.4 Å². The predicted octanol–water partition coefficient (Wildman–Crippen LogP) is 3.94. The van der Waals surface area contributed by atoms with Crippen LogP contribution in [0.1, 0.15) is 39.6 Å². The summed E-state index contributed by atoms with van der Waals surface area (Å²) in [5.74, 6) is -0.681. The van der Waals surface area contributed by atoms with Gasteiger partial charge >= 0.3 is 0 Å². The molecule has 0 fully saturated rings. The van der Waals surface area contributed by atoms with Crippen LogP contribution in [0, 0.1) is 12.7 Å². The van der Waals surface area contributed by atoms with Crippen molar-refractivity contribution in [3.05, 3.63) is 95.1 Å². The highest BCUT2D eigenvalue weighted by Crippen LogP contribution is 2.38. The smallest absolute Gasteiger partial charge is 0.260 e. The first-order chi connectivity index (χ1) is 14.0. The molecule has 2 heterocycles. The predicted molar refractivity (Wildman–Crippen MR) is 108 cm³/mol. The van der Waals surface area contributed by atoms with E-state index in [1.54, 1.807) is 35.4 Å². The average molecular weight is 389 g/mol. The number of aryl methyl sites for hydroxylation is 1. The number of hydrogen-bond donors (Lipinski definition) is 1. The van der Waals surface area contributed by atoms with Crippen LogP contribution in [0.2, 0.25) is 0 Å². The van der Waals surface area contributed by atoms with E-state index in [0.717, 1.165) is 16.8 Å². The van der Waals surface area contributed by atoms with Gasteiger partial charge in [0.1, 0.15) is 5.82 Å². The highest BCUT2D eigenvalue weighted by Gasteiger charge is 2.39. The first kappa shape index (κ1) is 18.8. The molecule has 2 amide bonds. The van der Waals surface area contributed by atoms with Crippen molar-refractivity contribution >= 4 is 17.5 Å². The summed E-state index contributed by atoms with van der Waals surface area (Å²) in [6, 6.07) is 16.6. The lowest BCUT2D eigenvalue weighted by Gasteiger charge is -2.25. The molecule has 0 saturated carbocycles. The van der Waals surface area contributed by atoms with Gasteiger partial charge in [-0.25, -0.2) is 4.39 Å². The number of hydrogen-bond acceptors (Lipinski definition) is 3. The van der Waals surface area contributed by atoms with E-state index in [1.807, 2.05) is 31.2 Å². The van der Waals surface area contributed by atoms with Crippen molar-refractivity contribution in [2.75, 3.05) is 4.90 Å². The van der Waals surface area contributed by atoms with Crippen LogP contribution in [0.5, 0.6) is 0 Å². The molecule has 1 aromatic heterocycles. The van der Waals surface area contributed by atoms with E-state index >= 15 is 0 Å². The molecule has 29 heavy (non-hydrogen) atoms. The van der Waals surface area contributed by atoms with Gasteiger partial charge in [0.25, 0.3) is 5.91 Å². The number of benzene rings is 2. The molecule has 0 radical (unpaired) electrons. The van der Waals surface area contributed by atoms with Gasteiger partial charge in [-0.2, -0.15) is 0 Å². The molecular weight excluding hydrogens is 369 g/mol. The third-order valence-corrected chi connectivity index (χ3v) is 4.98. The zero-order valence-electron chi connectivity index (χ0n) is 15.9. The Labute approximate surface area is 168 Å². The summed E-state index contributed by atoms with van der Waals surface area (Å²) in [7, 11) is 0. The summed E-state index contributed by atoms with van der Waals surface area (Å²) in [6.07, 6.45) is 1.72. The standard InChI is InChI=1S/C23H20FN3O2/c1-15-4-2-5-18(12-15)27-20(22-19(23(27)29)6-3-11-25-22)13-21(28)26-14-16-7-9-17(24)10-8-16/h2-12,20H,13-14H2,1H3,(H,26,28). The van der Waals surface area contributed by atoms with Crippen molar-refractivity contribution in [1.29, 1.82) is 0 Å². The molecule has 0 aliphatic carbocycles. The van der Waals surface area contributed by atoms with E-state index in [-0.39, 0.29) is 24.1 Å². The fraction of sp³-hybridized carbons (Fsp3) is 0.174. The van der Waals surface area contributed by atoms with E-state index in [9.17, 15) is 14.0 Å². The Morgan fingerprint density at radius 2 is 1.93 bits per heavy atom. The summed E-state index contributed by atoms with van der Waals surface area (Å²) in [5, 5.41) is 2.85. The van der Waals surface area contributed by atoms with Crippen LogP contribution in [0.4, 0.5) is 10.1 Å². The molecule has 1 aliphatic heterocycles. The van der Waals surface area contributed by atoms with Crippen LogP contribution in [0.15, 0.2) is 66.9 Å². The molecule has 1 unspecified atom stereocenters. The van der Waals surface area contributed by atoms with Gasteiger partial charge in [-0.05, 0) is 54.4 Å². The molecule has 6 heteroatoms. The van der Waals surface area contributed by atoms with E-state index in [1.165, 1.54) is 12.1 Å². The first-order valence-electron chi connectivity index (χ1n) is 9.39. The summed E-state index contributed by atoms with van der Waals surface area (Å²) in [4.78, 5) is 31.7. The van der Waals surface area contributed by atoms with E-state index in [0.29, 0.717) is 17.8 Å². The van der Waals surface area contributed by atoms with E-state index in [2.05, 4.69) is 10.3 Å². The molecule has 1 atom stereocenters.